The third kappa shape index (κ3) is 5.14. The summed E-state index contributed by atoms with van der Waals surface area (Å²) >= 11 is 0. The fourth-order valence-corrected chi connectivity index (χ4v) is 3.55. The number of carbonyl (C=O) groups excluding carboxylic acids is 2. The highest BCUT2D eigenvalue weighted by Gasteiger charge is 2.19. The average Bonchev–Trinajstić information content (AvgIpc) is 2.82. The van der Waals surface area contributed by atoms with Crippen LogP contribution in [0.1, 0.15) is 34.8 Å². The Bertz CT molecular complexity index is 1250. The first-order valence-electron chi connectivity index (χ1n) is 10.6. The van der Waals surface area contributed by atoms with E-state index in [2.05, 4.69) is 0 Å². The van der Waals surface area contributed by atoms with E-state index in [-0.39, 0.29) is 42.3 Å². The number of rotatable bonds is 9. The molecule has 0 bridgehead atoms. The van der Waals surface area contributed by atoms with Crippen molar-refractivity contribution >= 4 is 22.9 Å². The van der Waals surface area contributed by atoms with Gasteiger partial charge in [0.2, 0.25) is 5.75 Å². The zero-order valence-corrected chi connectivity index (χ0v) is 19.7. The van der Waals surface area contributed by atoms with E-state index in [0.717, 1.165) is 0 Å². The Kier molecular flexibility index (Phi) is 7.78. The second-order valence-electron chi connectivity index (χ2n) is 7.26. The topological polar surface area (TPSA) is 110 Å². The van der Waals surface area contributed by atoms with Crippen LogP contribution in [-0.4, -0.2) is 39.9 Å². The number of methoxy groups -OCH3 is 3. The lowest BCUT2D eigenvalue weighted by atomic mass is 10.0. The maximum atomic E-state index is 12.8. The molecule has 34 heavy (non-hydrogen) atoms. The molecule has 9 nitrogen and oxygen atoms in total. The maximum absolute atomic E-state index is 12.8. The Morgan fingerprint density at radius 2 is 1.65 bits per heavy atom. The van der Waals surface area contributed by atoms with Gasteiger partial charge < -0.3 is 28.1 Å². The quantitative estimate of drug-likeness (QED) is 0.262. The molecule has 0 aliphatic heterocycles. The minimum absolute atomic E-state index is 0.0788. The Hall–Kier alpha value is -4.01. The van der Waals surface area contributed by atoms with Gasteiger partial charge >= 0.3 is 17.6 Å². The molecule has 0 fully saturated rings. The lowest BCUT2D eigenvalue weighted by molar-refractivity contribution is -0.143. The van der Waals surface area contributed by atoms with Gasteiger partial charge in [-0.15, -0.1) is 0 Å². The van der Waals surface area contributed by atoms with Gasteiger partial charge in [-0.3, -0.25) is 4.79 Å². The van der Waals surface area contributed by atoms with Gasteiger partial charge in [0.05, 0.1) is 33.5 Å². The van der Waals surface area contributed by atoms with Gasteiger partial charge in [-0.1, -0.05) is 0 Å². The summed E-state index contributed by atoms with van der Waals surface area (Å²) in [4.78, 5) is 36.9. The number of hydrogen-bond acceptors (Lipinski definition) is 9. The van der Waals surface area contributed by atoms with E-state index < -0.39 is 11.6 Å². The molecule has 0 N–H and O–H groups in total. The normalized spacial score (nSPS) is 10.6. The van der Waals surface area contributed by atoms with Gasteiger partial charge in [0.1, 0.15) is 11.3 Å². The number of ether oxygens (including phenoxy) is 5. The van der Waals surface area contributed by atoms with E-state index in [1.165, 1.54) is 39.5 Å². The van der Waals surface area contributed by atoms with Crippen molar-refractivity contribution in [2.75, 3.05) is 27.9 Å². The molecule has 3 aromatic rings. The predicted octanol–water partition coefficient (Wildman–Crippen LogP) is 3.84. The molecule has 0 aliphatic rings. The standard InChI is InChI=1S/C25H26O9/c1-6-32-22(26)10-9-18-14(2)17-8-7-16(13-19(17)34-25(18)28)33-24(27)15-11-20(29-3)23(31-5)21(12-15)30-4/h7-8,11-13H,6,9-10H2,1-5H3. The highest BCUT2D eigenvalue weighted by atomic mass is 16.5. The van der Waals surface area contributed by atoms with Crippen molar-refractivity contribution in [3.8, 4) is 23.0 Å². The summed E-state index contributed by atoms with van der Waals surface area (Å²) in [6, 6.07) is 7.71. The van der Waals surface area contributed by atoms with E-state index >= 15 is 0 Å². The van der Waals surface area contributed by atoms with E-state index in [4.69, 9.17) is 28.1 Å². The third-order valence-electron chi connectivity index (χ3n) is 5.25. The zero-order chi connectivity index (χ0) is 24.8. The molecule has 180 valence electrons. The zero-order valence-electron chi connectivity index (χ0n) is 19.7. The fourth-order valence-electron chi connectivity index (χ4n) is 3.55. The Balaban J connectivity index is 1.88. The molecule has 0 unspecified atom stereocenters. The van der Waals surface area contributed by atoms with Crippen LogP contribution in [0.3, 0.4) is 0 Å². The average molecular weight is 470 g/mol. The first kappa shape index (κ1) is 24.6. The van der Waals surface area contributed by atoms with Crippen molar-refractivity contribution in [3.63, 3.8) is 0 Å². The first-order chi connectivity index (χ1) is 16.3. The summed E-state index contributed by atoms with van der Waals surface area (Å²) < 4.78 is 31.7. The lowest BCUT2D eigenvalue weighted by Crippen LogP contribution is -2.14. The van der Waals surface area contributed by atoms with Gasteiger partial charge in [0, 0.05) is 23.4 Å². The van der Waals surface area contributed by atoms with Crippen LogP contribution in [0.2, 0.25) is 0 Å². The fraction of sp³-hybridized carbons (Fsp3) is 0.320. The molecule has 0 aliphatic carbocycles. The van der Waals surface area contributed by atoms with Crippen LogP contribution < -0.4 is 24.6 Å². The highest BCUT2D eigenvalue weighted by molar-refractivity contribution is 5.93. The number of benzene rings is 2. The lowest BCUT2D eigenvalue weighted by Gasteiger charge is -2.14. The maximum Gasteiger partial charge on any atom is 0.343 e. The Labute approximate surface area is 196 Å². The SMILES string of the molecule is CCOC(=O)CCc1c(C)c2ccc(OC(=O)c3cc(OC)c(OC)c(OC)c3)cc2oc1=O. The summed E-state index contributed by atoms with van der Waals surface area (Å²) in [6.45, 7) is 3.78. The van der Waals surface area contributed by atoms with Crippen LogP contribution in [0.25, 0.3) is 11.0 Å². The third-order valence-corrected chi connectivity index (χ3v) is 5.25. The number of fused-ring (bicyclic) bond motifs is 1. The second kappa shape index (κ2) is 10.7. The van der Waals surface area contributed by atoms with Crippen LogP contribution in [0.15, 0.2) is 39.5 Å². The minimum atomic E-state index is -0.663. The summed E-state index contributed by atoms with van der Waals surface area (Å²) in [7, 11) is 4.35. The van der Waals surface area contributed by atoms with Crippen LogP contribution in [0.5, 0.6) is 23.0 Å². The highest BCUT2D eigenvalue weighted by Crippen LogP contribution is 2.38. The monoisotopic (exact) mass is 470 g/mol. The molecule has 9 heteroatoms. The summed E-state index contributed by atoms with van der Waals surface area (Å²) in [5.41, 5.74) is 0.988. The van der Waals surface area contributed by atoms with Gasteiger partial charge in [-0.25, -0.2) is 9.59 Å². The van der Waals surface area contributed by atoms with Gasteiger partial charge in [0.25, 0.3) is 0 Å². The van der Waals surface area contributed by atoms with Crippen molar-refractivity contribution in [2.45, 2.75) is 26.7 Å². The molecule has 0 radical (unpaired) electrons. The van der Waals surface area contributed by atoms with E-state index in [0.29, 0.717) is 33.8 Å². The smallest absolute Gasteiger partial charge is 0.343 e. The second-order valence-corrected chi connectivity index (χ2v) is 7.26. The van der Waals surface area contributed by atoms with Crippen LogP contribution in [-0.2, 0) is 16.0 Å². The molecule has 0 saturated heterocycles. The molecule has 3 rings (SSSR count). The molecule has 0 spiro atoms. The molecule has 0 amide bonds. The summed E-state index contributed by atoms with van der Waals surface area (Å²) in [6.07, 6.45) is 0.288. The summed E-state index contributed by atoms with van der Waals surface area (Å²) in [5.74, 6) is 0.115. The molecule has 1 aromatic heterocycles. The van der Waals surface area contributed by atoms with E-state index in [9.17, 15) is 14.4 Å². The molecule has 0 atom stereocenters. The van der Waals surface area contributed by atoms with Gasteiger partial charge in [-0.2, -0.15) is 0 Å². The molecule has 0 saturated carbocycles. The molecule has 1 heterocycles. The largest absolute Gasteiger partial charge is 0.493 e. The van der Waals surface area contributed by atoms with Crippen LogP contribution >= 0.6 is 0 Å². The molecular formula is C25H26O9. The minimum Gasteiger partial charge on any atom is -0.493 e. The van der Waals surface area contributed by atoms with Crippen LogP contribution in [0, 0.1) is 6.92 Å². The van der Waals surface area contributed by atoms with Crippen molar-refractivity contribution in [3.05, 3.63) is 57.4 Å². The number of esters is 2. The Morgan fingerprint density at radius 1 is 0.971 bits per heavy atom. The number of hydrogen-bond donors (Lipinski definition) is 0. The van der Waals surface area contributed by atoms with E-state index in [1.807, 2.05) is 0 Å². The predicted molar refractivity (Wildman–Crippen MR) is 123 cm³/mol. The van der Waals surface area contributed by atoms with E-state index in [1.54, 1.807) is 26.0 Å². The summed E-state index contributed by atoms with van der Waals surface area (Å²) in [5, 5.41) is 0.672. The molecule has 2 aromatic carbocycles. The Morgan fingerprint density at radius 3 is 2.24 bits per heavy atom. The van der Waals surface area contributed by atoms with Crippen molar-refractivity contribution in [1.82, 2.24) is 0 Å². The molecular weight excluding hydrogens is 444 g/mol. The number of aryl methyl sites for hydroxylation is 1. The van der Waals surface area contributed by atoms with Gasteiger partial charge in [0.15, 0.2) is 11.5 Å². The first-order valence-corrected chi connectivity index (χ1v) is 10.6. The van der Waals surface area contributed by atoms with Crippen LogP contribution in [0.4, 0.5) is 0 Å². The number of carbonyl (C=O) groups is 2. The van der Waals surface area contributed by atoms with Gasteiger partial charge in [-0.05, 0) is 50.1 Å². The van der Waals surface area contributed by atoms with Crippen molar-refractivity contribution < 1.29 is 37.7 Å². The van der Waals surface area contributed by atoms with Crippen molar-refractivity contribution in [2.24, 2.45) is 0 Å². The van der Waals surface area contributed by atoms with Crippen molar-refractivity contribution in [1.29, 1.82) is 0 Å².